The van der Waals surface area contributed by atoms with Crippen LogP contribution in [0.15, 0.2) is 24.3 Å². The Kier molecular flexibility index (Phi) is 3.55. The van der Waals surface area contributed by atoms with Gasteiger partial charge in [0.2, 0.25) is 0 Å². The van der Waals surface area contributed by atoms with Crippen LogP contribution in [-0.2, 0) is 11.2 Å². The highest BCUT2D eigenvalue weighted by Crippen LogP contribution is 2.35. The average molecular weight is 290 g/mol. The quantitative estimate of drug-likeness (QED) is 0.869. The maximum Gasteiger partial charge on any atom is 0.327 e. The summed E-state index contributed by atoms with van der Waals surface area (Å²) in [4.78, 5) is 27.2. The summed E-state index contributed by atoms with van der Waals surface area (Å²) in [6.45, 7) is 0.129. The van der Waals surface area contributed by atoms with E-state index in [-0.39, 0.29) is 25.2 Å². The second-order valence-corrected chi connectivity index (χ2v) is 5.49. The normalized spacial score (nSPS) is 20.2. The third-order valence-corrected chi connectivity index (χ3v) is 4.04. The third-order valence-electron chi connectivity index (χ3n) is 4.04. The Morgan fingerprint density at radius 1 is 1.29 bits per heavy atom. The van der Waals surface area contributed by atoms with Gasteiger partial charge in [0.15, 0.2) is 0 Å². The zero-order chi connectivity index (χ0) is 15.0. The summed E-state index contributed by atoms with van der Waals surface area (Å²) >= 11 is 0. The van der Waals surface area contributed by atoms with Gasteiger partial charge in [-0.1, -0.05) is 18.2 Å². The zero-order valence-corrected chi connectivity index (χ0v) is 11.6. The number of anilines is 1. The summed E-state index contributed by atoms with van der Waals surface area (Å²) in [7, 11) is 0. The molecule has 1 fully saturated rings. The van der Waals surface area contributed by atoms with E-state index in [0.717, 1.165) is 18.4 Å². The van der Waals surface area contributed by atoms with E-state index in [0.29, 0.717) is 12.1 Å². The zero-order valence-electron chi connectivity index (χ0n) is 11.6. The Balaban J connectivity index is 1.93. The predicted molar refractivity (Wildman–Crippen MR) is 76.3 cm³/mol. The molecule has 3 rings (SSSR count). The first-order valence-electron chi connectivity index (χ1n) is 7.15. The average Bonchev–Trinajstić information content (AvgIpc) is 3.23. The minimum atomic E-state index is -1.00. The molecule has 1 aliphatic carbocycles. The highest BCUT2D eigenvalue weighted by molar-refractivity contribution is 6.01. The van der Waals surface area contributed by atoms with Gasteiger partial charge in [0.25, 0.3) is 0 Å². The number of nitrogens with zero attached hydrogens (tertiary/aromatic N) is 2. The molecule has 1 aromatic carbocycles. The molecule has 2 amide bonds. The summed E-state index contributed by atoms with van der Waals surface area (Å²) in [5, 5.41) is 18.6. The SMILES string of the molecule is O=C(O)[C@@H]1Cc2ccccc2N1C(=O)N(CCO)C1CC1. The Hall–Kier alpha value is -2.08. The maximum absolute atomic E-state index is 12.8. The van der Waals surface area contributed by atoms with Gasteiger partial charge in [0.05, 0.1) is 6.61 Å². The minimum Gasteiger partial charge on any atom is -0.480 e. The fraction of sp³-hybridized carbons (Fsp3) is 0.467. The smallest absolute Gasteiger partial charge is 0.327 e. The van der Waals surface area contributed by atoms with Crippen molar-refractivity contribution < 1.29 is 19.8 Å². The van der Waals surface area contributed by atoms with Crippen molar-refractivity contribution in [3.8, 4) is 0 Å². The number of urea groups is 1. The van der Waals surface area contributed by atoms with Gasteiger partial charge in [0, 0.05) is 24.7 Å². The van der Waals surface area contributed by atoms with Crippen molar-refractivity contribution in [3.63, 3.8) is 0 Å². The molecule has 1 aliphatic heterocycles. The van der Waals surface area contributed by atoms with Gasteiger partial charge in [-0.05, 0) is 24.5 Å². The van der Waals surface area contributed by atoms with Crippen LogP contribution >= 0.6 is 0 Å². The lowest BCUT2D eigenvalue weighted by Gasteiger charge is -2.30. The number of para-hydroxylation sites is 1. The molecule has 0 saturated heterocycles. The first kappa shape index (κ1) is 13.9. The summed E-state index contributed by atoms with van der Waals surface area (Å²) in [6, 6.07) is 6.23. The van der Waals surface area contributed by atoms with Gasteiger partial charge in [-0.3, -0.25) is 4.90 Å². The van der Waals surface area contributed by atoms with Gasteiger partial charge >= 0.3 is 12.0 Å². The Morgan fingerprint density at radius 3 is 2.62 bits per heavy atom. The number of carbonyl (C=O) groups excluding carboxylic acids is 1. The van der Waals surface area contributed by atoms with Crippen LogP contribution in [0.4, 0.5) is 10.5 Å². The molecule has 6 heteroatoms. The van der Waals surface area contributed by atoms with Gasteiger partial charge in [-0.25, -0.2) is 9.59 Å². The number of benzene rings is 1. The molecule has 1 saturated carbocycles. The first-order chi connectivity index (χ1) is 10.1. The van der Waals surface area contributed by atoms with Crippen LogP contribution in [0.2, 0.25) is 0 Å². The number of carboxylic acids is 1. The standard InChI is InChI=1S/C15H18N2O4/c18-8-7-16(11-5-6-11)15(21)17-12-4-2-1-3-10(12)9-13(17)14(19)20/h1-4,11,13,18H,5-9H2,(H,19,20)/t13-/m0/s1. The molecule has 0 aromatic heterocycles. The summed E-state index contributed by atoms with van der Waals surface area (Å²) in [5.41, 5.74) is 1.54. The fourth-order valence-corrected chi connectivity index (χ4v) is 2.89. The summed E-state index contributed by atoms with van der Waals surface area (Å²) in [5.74, 6) is -1.00. The lowest BCUT2D eigenvalue weighted by Crippen LogP contribution is -2.51. The lowest BCUT2D eigenvalue weighted by molar-refractivity contribution is -0.138. The Morgan fingerprint density at radius 2 is 2.00 bits per heavy atom. The van der Waals surface area contributed by atoms with Crippen LogP contribution in [0.3, 0.4) is 0 Å². The van der Waals surface area contributed by atoms with Crippen LogP contribution in [0.5, 0.6) is 0 Å². The van der Waals surface area contributed by atoms with Crippen molar-refractivity contribution in [1.82, 2.24) is 4.90 Å². The topological polar surface area (TPSA) is 81.1 Å². The molecular formula is C15H18N2O4. The largest absolute Gasteiger partial charge is 0.480 e. The first-order valence-corrected chi connectivity index (χ1v) is 7.15. The Labute approximate surface area is 122 Å². The van der Waals surface area contributed by atoms with E-state index in [1.165, 1.54) is 4.90 Å². The second-order valence-electron chi connectivity index (χ2n) is 5.49. The number of hydrogen-bond acceptors (Lipinski definition) is 3. The van der Waals surface area contributed by atoms with Crippen LogP contribution in [-0.4, -0.2) is 52.3 Å². The molecular weight excluding hydrogens is 272 g/mol. The van der Waals surface area contributed by atoms with E-state index in [2.05, 4.69) is 0 Å². The number of aliphatic hydroxyl groups excluding tert-OH is 1. The molecule has 112 valence electrons. The molecule has 1 atom stereocenters. The lowest BCUT2D eigenvalue weighted by atomic mass is 10.1. The number of aliphatic carboxylic acids is 1. The van der Waals surface area contributed by atoms with E-state index >= 15 is 0 Å². The van der Waals surface area contributed by atoms with Crippen LogP contribution in [0, 0.1) is 0 Å². The van der Waals surface area contributed by atoms with Crippen molar-refractivity contribution in [2.24, 2.45) is 0 Å². The van der Waals surface area contributed by atoms with Gasteiger partial charge in [0.1, 0.15) is 6.04 Å². The molecule has 0 unspecified atom stereocenters. The van der Waals surface area contributed by atoms with E-state index < -0.39 is 12.0 Å². The maximum atomic E-state index is 12.8. The fourth-order valence-electron chi connectivity index (χ4n) is 2.89. The van der Waals surface area contributed by atoms with Gasteiger partial charge in [-0.2, -0.15) is 0 Å². The van der Waals surface area contributed by atoms with Crippen LogP contribution in [0.1, 0.15) is 18.4 Å². The predicted octanol–water partition coefficient (Wildman–Crippen LogP) is 1.08. The molecule has 2 aliphatic rings. The van der Waals surface area contributed by atoms with Crippen molar-refractivity contribution in [1.29, 1.82) is 0 Å². The summed E-state index contributed by atoms with van der Waals surface area (Å²) < 4.78 is 0. The number of amides is 2. The molecule has 0 radical (unpaired) electrons. The van der Waals surface area contributed by atoms with Gasteiger partial charge in [-0.15, -0.1) is 0 Å². The van der Waals surface area contributed by atoms with Crippen LogP contribution < -0.4 is 4.90 Å². The van der Waals surface area contributed by atoms with E-state index in [1.54, 1.807) is 17.0 Å². The number of carbonyl (C=O) groups is 2. The van der Waals surface area contributed by atoms with Crippen molar-refractivity contribution in [3.05, 3.63) is 29.8 Å². The number of hydrogen-bond donors (Lipinski definition) is 2. The van der Waals surface area contributed by atoms with Crippen molar-refractivity contribution in [2.75, 3.05) is 18.1 Å². The van der Waals surface area contributed by atoms with Crippen molar-refractivity contribution >= 4 is 17.7 Å². The second kappa shape index (κ2) is 5.37. The number of carboxylic acid groups (broad SMARTS) is 1. The third kappa shape index (κ3) is 2.47. The highest BCUT2D eigenvalue weighted by atomic mass is 16.4. The molecule has 0 bridgehead atoms. The number of rotatable bonds is 4. The van der Waals surface area contributed by atoms with Crippen molar-refractivity contribution in [2.45, 2.75) is 31.3 Å². The molecule has 1 heterocycles. The highest BCUT2D eigenvalue weighted by Gasteiger charge is 2.43. The molecule has 0 spiro atoms. The number of aliphatic hydroxyl groups is 1. The monoisotopic (exact) mass is 290 g/mol. The van der Waals surface area contributed by atoms with E-state index in [9.17, 15) is 14.7 Å². The molecule has 6 nitrogen and oxygen atoms in total. The number of fused-ring (bicyclic) bond motifs is 1. The summed E-state index contributed by atoms with van der Waals surface area (Å²) in [6.07, 6.45) is 2.16. The molecule has 21 heavy (non-hydrogen) atoms. The minimum absolute atomic E-state index is 0.116. The molecule has 1 aromatic rings. The van der Waals surface area contributed by atoms with E-state index in [1.807, 2.05) is 12.1 Å². The molecule has 2 N–H and O–H groups in total. The van der Waals surface area contributed by atoms with Gasteiger partial charge < -0.3 is 15.1 Å². The van der Waals surface area contributed by atoms with Crippen LogP contribution in [0.25, 0.3) is 0 Å². The van der Waals surface area contributed by atoms with E-state index in [4.69, 9.17) is 5.11 Å². The Bertz CT molecular complexity index is 571.